The van der Waals surface area contributed by atoms with E-state index in [9.17, 15) is 0 Å². The van der Waals surface area contributed by atoms with Crippen LogP contribution in [0, 0.1) is 31.2 Å². The van der Waals surface area contributed by atoms with Crippen LogP contribution in [0.3, 0.4) is 0 Å². The molecule has 0 radical (unpaired) electrons. The second-order valence-corrected chi connectivity index (χ2v) is 13.8. The second-order valence-electron chi connectivity index (χ2n) is 13.8. The van der Waals surface area contributed by atoms with Crippen molar-refractivity contribution < 1.29 is 0 Å². The highest BCUT2D eigenvalue weighted by Crippen LogP contribution is 2.53. The average Bonchev–Trinajstić information content (AvgIpc) is 3.76. The zero-order valence-electron chi connectivity index (χ0n) is 27.4. The zero-order valence-corrected chi connectivity index (χ0v) is 27.4. The van der Waals surface area contributed by atoms with Gasteiger partial charge in [-0.3, -0.25) is 0 Å². The highest BCUT2D eigenvalue weighted by molar-refractivity contribution is 6.06. The summed E-state index contributed by atoms with van der Waals surface area (Å²) < 4.78 is 0. The standard InChI is InChI=1S/C48H34/c1-28-16-22-31(23-17-28)40-34-10-4-7-13-37(34)43-46(40)44-38-14-8-5-11-35(38)41(32-24-18-29(2)19-25-32)48(44)45-39-15-9-6-12-36(39)42(47(43)45)33-26-20-30(3)21-27-33/h4-27,40H,1-3H3/t40-/m1/s1. The summed E-state index contributed by atoms with van der Waals surface area (Å²) in [7, 11) is 0. The SMILES string of the molecule is Cc1ccc(C2=c3c(c4c(c5c3-c3ccccc3[C@H]5c3ccc(C)cc3)=c3ccccc3=C4c3ccc(C)cc3)-c3ccccc32)cc1. The Hall–Kier alpha value is -5.72. The predicted molar refractivity (Wildman–Crippen MR) is 198 cm³/mol. The maximum absolute atomic E-state index is 2.37. The summed E-state index contributed by atoms with van der Waals surface area (Å²) in [5.74, 6) is 0.129. The van der Waals surface area contributed by atoms with Gasteiger partial charge in [-0.25, -0.2) is 0 Å². The Bertz CT molecular complexity index is 2710. The molecular formula is C48H34. The molecule has 0 unspecified atom stereocenters. The fourth-order valence-electron chi connectivity index (χ4n) is 8.77. The summed E-state index contributed by atoms with van der Waals surface area (Å²) in [6.07, 6.45) is 0. The fourth-order valence-corrected chi connectivity index (χ4v) is 8.77. The van der Waals surface area contributed by atoms with E-state index in [1.807, 2.05) is 0 Å². The van der Waals surface area contributed by atoms with Crippen molar-refractivity contribution in [2.24, 2.45) is 0 Å². The van der Waals surface area contributed by atoms with Crippen molar-refractivity contribution in [2.75, 3.05) is 0 Å². The van der Waals surface area contributed by atoms with Gasteiger partial charge in [-0.15, -0.1) is 0 Å². The molecule has 3 aliphatic rings. The van der Waals surface area contributed by atoms with Crippen molar-refractivity contribution in [1.82, 2.24) is 0 Å². The summed E-state index contributed by atoms with van der Waals surface area (Å²) in [5.41, 5.74) is 21.4. The minimum absolute atomic E-state index is 0.129. The van der Waals surface area contributed by atoms with Gasteiger partial charge < -0.3 is 0 Å². The Morgan fingerprint density at radius 1 is 0.375 bits per heavy atom. The van der Waals surface area contributed by atoms with E-state index in [-0.39, 0.29) is 5.92 Å². The Morgan fingerprint density at radius 3 is 1.56 bits per heavy atom. The van der Waals surface area contributed by atoms with Crippen LogP contribution in [0.15, 0.2) is 146 Å². The molecule has 10 rings (SSSR count). The lowest BCUT2D eigenvalue weighted by Gasteiger charge is -2.19. The highest BCUT2D eigenvalue weighted by Gasteiger charge is 2.39. The van der Waals surface area contributed by atoms with Crippen LogP contribution in [0.1, 0.15) is 61.6 Å². The maximum atomic E-state index is 2.37. The molecule has 0 nitrogen and oxygen atoms in total. The molecule has 48 heavy (non-hydrogen) atoms. The van der Waals surface area contributed by atoms with E-state index in [1.165, 1.54) is 110 Å². The Balaban J connectivity index is 1.50. The minimum Gasteiger partial charge on any atom is -0.0619 e. The summed E-state index contributed by atoms with van der Waals surface area (Å²) >= 11 is 0. The van der Waals surface area contributed by atoms with Crippen molar-refractivity contribution in [3.8, 4) is 22.3 Å². The van der Waals surface area contributed by atoms with Crippen LogP contribution in [-0.2, 0) is 0 Å². The van der Waals surface area contributed by atoms with Gasteiger partial charge in [0.2, 0.25) is 0 Å². The Kier molecular flexibility index (Phi) is 5.79. The van der Waals surface area contributed by atoms with Crippen molar-refractivity contribution in [1.29, 1.82) is 0 Å². The second kappa shape index (κ2) is 10.1. The van der Waals surface area contributed by atoms with Crippen LogP contribution in [0.2, 0.25) is 0 Å². The third-order valence-electron chi connectivity index (χ3n) is 10.9. The number of hydrogen-bond acceptors (Lipinski definition) is 0. The molecule has 1 atom stereocenters. The minimum atomic E-state index is 0.129. The van der Waals surface area contributed by atoms with Gasteiger partial charge in [0.1, 0.15) is 0 Å². The topological polar surface area (TPSA) is 0 Å². The van der Waals surface area contributed by atoms with E-state index in [4.69, 9.17) is 0 Å². The van der Waals surface area contributed by atoms with Crippen molar-refractivity contribution >= 4 is 11.1 Å². The van der Waals surface area contributed by atoms with Gasteiger partial charge in [0.05, 0.1) is 0 Å². The molecule has 0 saturated heterocycles. The number of rotatable bonds is 3. The third-order valence-corrected chi connectivity index (χ3v) is 10.9. The molecule has 0 spiro atoms. The van der Waals surface area contributed by atoms with E-state index in [1.54, 1.807) is 0 Å². The molecule has 0 heterocycles. The van der Waals surface area contributed by atoms with Crippen LogP contribution in [0.25, 0.3) is 33.4 Å². The first-order valence-corrected chi connectivity index (χ1v) is 17.1. The van der Waals surface area contributed by atoms with E-state index in [0.717, 1.165) is 0 Å². The molecule has 0 bridgehead atoms. The van der Waals surface area contributed by atoms with Gasteiger partial charge in [-0.05, 0) is 114 Å². The largest absolute Gasteiger partial charge is 0.0619 e. The smallest absolute Gasteiger partial charge is 0.0358 e. The number of benzene rings is 7. The molecule has 226 valence electrons. The van der Waals surface area contributed by atoms with Crippen LogP contribution in [-0.4, -0.2) is 0 Å². The first-order valence-electron chi connectivity index (χ1n) is 17.1. The van der Waals surface area contributed by atoms with Gasteiger partial charge >= 0.3 is 0 Å². The van der Waals surface area contributed by atoms with Gasteiger partial charge in [0, 0.05) is 5.92 Å². The summed E-state index contributed by atoms with van der Waals surface area (Å²) in [5, 5.41) is 5.45. The molecule has 0 aliphatic heterocycles. The monoisotopic (exact) mass is 610 g/mol. The average molecular weight is 611 g/mol. The summed E-state index contributed by atoms with van der Waals surface area (Å²) in [4.78, 5) is 0. The third kappa shape index (κ3) is 3.72. The maximum Gasteiger partial charge on any atom is 0.0358 e. The van der Waals surface area contributed by atoms with Crippen molar-refractivity contribution in [2.45, 2.75) is 26.7 Å². The van der Waals surface area contributed by atoms with Gasteiger partial charge in [0.25, 0.3) is 0 Å². The van der Waals surface area contributed by atoms with E-state index < -0.39 is 0 Å². The lowest BCUT2D eigenvalue weighted by Crippen LogP contribution is -2.16. The predicted octanol–water partition coefficient (Wildman–Crippen LogP) is 9.85. The van der Waals surface area contributed by atoms with E-state index >= 15 is 0 Å². The quantitative estimate of drug-likeness (QED) is 0.187. The molecule has 7 aromatic carbocycles. The molecular weight excluding hydrogens is 577 g/mol. The summed E-state index contributed by atoms with van der Waals surface area (Å²) in [6, 6.07) is 55.1. The molecule has 0 saturated carbocycles. The summed E-state index contributed by atoms with van der Waals surface area (Å²) in [6.45, 7) is 6.54. The van der Waals surface area contributed by atoms with Crippen LogP contribution < -0.4 is 10.4 Å². The van der Waals surface area contributed by atoms with Crippen LogP contribution in [0.4, 0.5) is 0 Å². The Morgan fingerprint density at radius 2 is 0.896 bits per heavy atom. The highest BCUT2D eigenvalue weighted by atomic mass is 14.4. The first-order chi connectivity index (χ1) is 23.6. The molecule has 0 N–H and O–H groups in total. The zero-order chi connectivity index (χ0) is 32.1. The first kappa shape index (κ1) is 27.4. The van der Waals surface area contributed by atoms with E-state index in [2.05, 4.69) is 166 Å². The molecule has 3 aliphatic carbocycles. The number of hydrogen-bond donors (Lipinski definition) is 0. The Labute approximate surface area is 281 Å². The van der Waals surface area contributed by atoms with Crippen LogP contribution >= 0.6 is 0 Å². The molecule has 0 fully saturated rings. The van der Waals surface area contributed by atoms with Crippen molar-refractivity contribution in [3.05, 3.63) is 222 Å². The molecule has 0 heteroatoms. The normalized spacial score (nSPS) is 14.7. The van der Waals surface area contributed by atoms with Gasteiger partial charge in [0.15, 0.2) is 0 Å². The van der Waals surface area contributed by atoms with Gasteiger partial charge in [-0.2, -0.15) is 0 Å². The van der Waals surface area contributed by atoms with E-state index in [0.29, 0.717) is 0 Å². The lowest BCUT2D eigenvalue weighted by molar-refractivity contribution is 1.00. The molecule has 0 aromatic heterocycles. The lowest BCUT2D eigenvalue weighted by atomic mass is 9.83. The van der Waals surface area contributed by atoms with Gasteiger partial charge in [-0.1, -0.05) is 162 Å². The molecule has 7 aromatic rings. The number of aryl methyl sites for hydroxylation is 3. The molecule has 0 amide bonds. The fraction of sp³-hybridized carbons (Fsp3) is 0.0833. The van der Waals surface area contributed by atoms with Crippen molar-refractivity contribution in [3.63, 3.8) is 0 Å². The van der Waals surface area contributed by atoms with Crippen LogP contribution in [0.5, 0.6) is 0 Å². The number of fused-ring (bicyclic) bond motifs is 11.